The maximum atomic E-state index is 10.5. The number of hydrogen-bond acceptors (Lipinski definition) is 4. The van der Waals surface area contributed by atoms with Gasteiger partial charge in [-0.15, -0.1) is 0 Å². The van der Waals surface area contributed by atoms with Crippen molar-refractivity contribution in [3.05, 3.63) is 0 Å². The normalized spacial score (nSPS) is 30.2. The van der Waals surface area contributed by atoms with Gasteiger partial charge in [0.15, 0.2) is 0 Å². The van der Waals surface area contributed by atoms with Crippen LogP contribution < -0.4 is 0 Å². The largest absolute Gasteiger partial charge is 0.480 e. The molecule has 120 valence electrons. The van der Waals surface area contributed by atoms with E-state index < -0.39 is 5.97 Å². The second kappa shape index (κ2) is 6.63. The summed E-state index contributed by atoms with van der Waals surface area (Å²) < 4.78 is 11.7. The van der Waals surface area contributed by atoms with Gasteiger partial charge in [-0.25, -0.2) is 4.79 Å². The molecule has 2 heterocycles. The number of likely N-dealkylation sites (tertiary alicyclic amines) is 1. The molecule has 0 aromatic carbocycles. The fraction of sp³-hybridized carbons (Fsp3) is 0.938. The predicted molar refractivity (Wildman–Crippen MR) is 78.4 cm³/mol. The Hall–Kier alpha value is -0.650. The molecule has 0 bridgehead atoms. The first-order valence-electron chi connectivity index (χ1n) is 8.39. The first kappa shape index (κ1) is 15.3. The standard InChI is InChI=1S/C16H27NO4/c18-15(19)12-20-13-4-9-17(10-5-13)11-14-3-8-16(21-14)6-1-2-7-16/h13-14H,1-12H2,(H,18,19). The van der Waals surface area contributed by atoms with Gasteiger partial charge in [0.1, 0.15) is 6.61 Å². The Bertz CT molecular complexity index is 359. The Morgan fingerprint density at radius 1 is 1.19 bits per heavy atom. The molecule has 0 aromatic rings. The van der Waals surface area contributed by atoms with Crippen molar-refractivity contribution >= 4 is 5.97 Å². The van der Waals surface area contributed by atoms with Gasteiger partial charge in [0.2, 0.25) is 0 Å². The van der Waals surface area contributed by atoms with E-state index in [9.17, 15) is 4.79 Å². The average Bonchev–Trinajstić information content (AvgIpc) is 3.09. The van der Waals surface area contributed by atoms with Crippen LogP contribution in [0.5, 0.6) is 0 Å². The van der Waals surface area contributed by atoms with Crippen molar-refractivity contribution in [2.24, 2.45) is 0 Å². The summed E-state index contributed by atoms with van der Waals surface area (Å²) in [4.78, 5) is 13.0. The summed E-state index contributed by atoms with van der Waals surface area (Å²) >= 11 is 0. The van der Waals surface area contributed by atoms with Crippen LogP contribution in [0, 0.1) is 0 Å². The summed E-state index contributed by atoms with van der Waals surface area (Å²) in [5.41, 5.74) is 0.230. The minimum Gasteiger partial charge on any atom is -0.480 e. The number of carboxylic acids is 1. The number of ether oxygens (including phenoxy) is 2. The van der Waals surface area contributed by atoms with E-state index in [0.29, 0.717) is 6.10 Å². The molecule has 3 fully saturated rings. The van der Waals surface area contributed by atoms with Crippen molar-refractivity contribution in [2.45, 2.75) is 69.2 Å². The van der Waals surface area contributed by atoms with Gasteiger partial charge in [-0.3, -0.25) is 0 Å². The number of carboxylic acid groups (broad SMARTS) is 1. The highest BCUT2D eigenvalue weighted by atomic mass is 16.5. The molecule has 3 aliphatic rings. The van der Waals surface area contributed by atoms with Crippen LogP contribution >= 0.6 is 0 Å². The number of nitrogens with zero attached hydrogens (tertiary/aromatic N) is 1. The van der Waals surface area contributed by atoms with Crippen LogP contribution in [0.4, 0.5) is 0 Å². The third-order valence-electron chi connectivity index (χ3n) is 5.29. The predicted octanol–water partition coefficient (Wildman–Crippen LogP) is 2.04. The summed E-state index contributed by atoms with van der Waals surface area (Å²) in [6.45, 7) is 2.86. The van der Waals surface area contributed by atoms with Crippen LogP contribution in [-0.2, 0) is 14.3 Å². The Labute approximate surface area is 126 Å². The Morgan fingerprint density at radius 2 is 1.90 bits per heavy atom. The maximum Gasteiger partial charge on any atom is 0.329 e. The summed E-state index contributed by atoms with van der Waals surface area (Å²) in [5, 5.41) is 8.63. The molecule has 1 N–H and O–H groups in total. The minimum absolute atomic E-state index is 0.114. The number of carbonyl (C=O) groups is 1. The Balaban J connectivity index is 1.37. The average molecular weight is 297 g/mol. The lowest BCUT2D eigenvalue weighted by Gasteiger charge is -2.33. The van der Waals surface area contributed by atoms with Crippen LogP contribution in [0.25, 0.3) is 0 Å². The molecule has 1 unspecified atom stereocenters. The van der Waals surface area contributed by atoms with E-state index in [1.54, 1.807) is 0 Å². The smallest absolute Gasteiger partial charge is 0.329 e. The molecule has 1 spiro atoms. The molecule has 1 aliphatic carbocycles. The Kier molecular flexibility index (Phi) is 4.82. The molecule has 5 heteroatoms. The fourth-order valence-electron chi connectivity index (χ4n) is 4.15. The van der Waals surface area contributed by atoms with Gasteiger partial charge in [0.25, 0.3) is 0 Å². The second-order valence-corrected chi connectivity index (χ2v) is 6.87. The summed E-state index contributed by atoms with van der Waals surface area (Å²) in [6.07, 6.45) is 10.0. The van der Waals surface area contributed by atoms with Gasteiger partial charge in [0.05, 0.1) is 17.8 Å². The minimum atomic E-state index is -0.876. The lowest BCUT2D eigenvalue weighted by Crippen LogP contribution is -2.42. The lowest BCUT2D eigenvalue weighted by molar-refractivity contribution is -0.145. The zero-order valence-corrected chi connectivity index (χ0v) is 12.8. The molecule has 0 radical (unpaired) electrons. The van der Waals surface area contributed by atoms with Crippen LogP contribution in [0.15, 0.2) is 0 Å². The zero-order chi connectivity index (χ0) is 14.7. The maximum absolute atomic E-state index is 10.5. The van der Waals surface area contributed by atoms with Gasteiger partial charge in [-0.1, -0.05) is 12.8 Å². The van der Waals surface area contributed by atoms with Crippen molar-refractivity contribution in [1.29, 1.82) is 0 Å². The van der Waals surface area contributed by atoms with Gasteiger partial charge < -0.3 is 19.5 Å². The first-order valence-corrected chi connectivity index (χ1v) is 8.39. The highest BCUT2D eigenvalue weighted by molar-refractivity contribution is 5.68. The number of hydrogen-bond donors (Lipinski definition) is 1. The molecule has 1 atom stereocenters. The molecule has 1 saturated carbocycles. The summed E-state index contributed by atoms with van der Waals surface area (Å²) in [7, 11) is 0. The zero-order valence-electron chi connectivity index (χ0n) is 12.8. The van der Waals surface area contributed by atoms with Gasteiger partial charge in [-0.05, 0) is 38.5 Å². The molecule has 0 aromatic heterocycles. The van der Waals surface area contributed by atoms with Crippen molar-refractivity contribution in [1.82, 2.24) is 4.90 Å². The molecule has 3 rings (SSSR count). The van der Waals surface area contributed by atoms with E-state index in [-0.39, 0.29) is 18.3 Å². The highest BCUT2D eigenvalue weighted by Crippen LogP contribution is 2.43. The van der Waals surface area contributed by atoms with Crippen molar-refractivity contribution < 1.29 is 19.4 Å². The monoisotopic (exact) mass is 297 g/mol. The van der Waals surface area contributed by atoms with E-state index in [1.165, 1.54) is 38.5 Å². The van der Waals surface area contributed by atoms with E-state index in [1.807, 2.05) is 0 Å². The van der Waals surface area contributed by atoms with Crippen LogP contribution in [0.2, 0.25) is 0 Å². The quantitative estimate of drug-likeness (QED) is 0.841. The van der Waals surface area contributed by atoms with Gasteiger partial charge in [0, 0.05) is 19.6 Å². The molecule has 5 nitrogen and oxygen atoms in total. The lowest BCUT2D eigenvalue weighted by atomic mass is 9.98. The van der Waals surface area contributed by atoms with Crippen molar-refractivity contribution in [3.63, 3.8) is 0 Å². The van der Waals surface area contributed by atoms with Crippen molar-refractivity contribution in [3.8, 4) is 0 Å². The molecular formula is C16H27NO4. The summed E-state index contributed by atoms with van der Waals surface area (Å²) in [6, 6.07) is 0. The SMILES string of the molecule is O=C(O)COC1CCN(CC2CCC3(CCCC3)O2)CC1. The second-order valence-electron chi connectivity index (χ2n) is 6.87. The topological polar surface area (TPSA) is 59.0 Å². The van der Waals surface area contributed by atoms with Crippen LogP contribution in [0.3, 0.4) is 0 Å². The van der Waals surface area contributed by atoms with E-state index in [0.717, 1.165) is 32.5 Å². The van der Waals surface area contributed by atoms with Crippen LogP contribution in [-0.4, -0.2) is 60.0 Å². The summed E-state index contributed by atoms with van der Waals surface area (Å²) in [5.74, 6) is -0.876. The third-order valence-corrected chi connectivity index (χ3v) is 5.29. The molecule has 21 heavy (non-hydrogen) atoms. The van der Waals surface area contributed by atoms with Gasteiger partial charge >= 0.3 is 5.97 Å². The number of piperidine rings is 1. The van der Waals surface area contributed by atoms with E-state index >= 15 is 0 Å². The fourth-order valence-corrected chi connectivity index (χ4v) is 4.15. The number of rotatable bonds is 5. The molecule has 2 aliphatic heterocycles. The number of aliphatic carboxylic acids is 1. The van der Waals surface area contributed by atoms with Gasteiger partial charge in [-0.2, -0.15) is 0 Å². The molecule has 0 amide bonds. The molecule has 2 saturated heterocycles. The third kappa shape index (κ3) is 3.96. The van der Waals surface area contributed by atoms with Crippen molar-refractivity contribution in [2.75, 3.05) is 26.2 Å². The highest BCUT2D eigenvalue weighted by Gasteiger charge is 2.42. The Morgan fingerprint density at radius 3 is 2.57 bits per heavy atom. The van der Waals surface area contributed by atoms with E-state index in [2.05, 4.69) is 4.90 Å². The molecular weight excluding hydrogens is 270 g/mol. The first-order chi connectivity index (χ1) is 10.2. The van der Waals surface area contributed by atoms with E-state index in [4.69, 9.17) is 14.6 Å². The van der Waals surface area contributed by atoms with Crippen LogP contribution in [0.1, 0.15) is 51.4 Å².